The molecular weight excluding hydrogens is 436 g/mol. The molecule has 0 saturated carbocycles. The van der Waals surface area contributed by atoms with E-state index < -0.39 is 6.04 Å². The Balaban J connectivity index is 1.72. The summed E-state index contributed by atoms with van der Waals surface area (Å²) in [7, 11) is 0. The average molecular weight is 453 g/mol. The van der Waals surface area contributed by atoms with E-state index in [1.807, 2.05) is 37.4 Å². The second kappa shape index (κ2) is 7.33. The number of nitrogens with two attached hydrogens (primary N) is 1. The van der Waals surface area contributed by atoms with E-state index in [-0.39, 0.29) is 11.5 Å². The molecule has 1 atom stereocenters. The number of H-pyrrole nitrogens is 1. The molecule has 4 N–H and O–H groups in total. The lowest BCUT2D eigenvalue weighted by molar-refractivity contribution is 0.826. The number of thiazole rings is 1. The number of nitrogen functional groups attached to an aromatic ring is 1. The molecule has 156 valence electrons. The standard InChI is InChI=1S/C20H17ClN8OS/c1-9-7-31-20-26-14(13(18(30)29(9)20)11-5-3-4-6-12(11)21)10(2)25-17-15-16(24-8-23-15)27-19(22)28-17/h3-8,10H,1-2H3,(H4,22,23,24,25,27,28)/t10-/m0/s1. The third-order valence-corrected chi connectivity index (χ3v) is 6.25. The number of benzene rings is 1. The Kier molecular flexibility index (Phi) is 4.60. The molecule has 0 radical (unpaired) electrons. The summed E-state index contributed by atoms with van der Waals surface area (Å²) in [5.41, 5.74) is 9.18. The van der Waals surface area contributed by atoms with Gasteiger partial charge in [0.15, 0.2) is 16.4 Å². The van der Waals surface area contributed by atoms with Crippen LogP contribution in [0.3, 0.4) is 0 Å². The van der Waals surface area contributed by atoms with Crippen LogP contribution in [0.25, 0.3) is 27.3 Å². The van der Waals surface area contributed by atoms with Crippen molar-refractivity contribution in [2.45, 2.75) is 19.9 Å². The Hall–Kier alpha value is -3.50. The molecule has 4 aromatic heterocycles. The third-order valence-electron chi connectivity index (χ3n) is 4.98. The van der Waals surface area contributed by atoms with Crippen molar-refractivity contribution in [2.24, 2.45) is 0 Å². The van der Waals surface area contributed by atoms with Crippen molar-refractivity contribution in [2.75, 3.05) is 11.1 Å². The number of anilines is 2. The maximum atomic E-state index is 13.5. The second-order valence-corrected chi connectivity index (χ2v) is 8.29. The molecule has 0 unspecified atom stereocenters. The highest BCUT2D eigenvalue weighted by atomic mass is 35.5. The minimum Gasteiger partial charge on any atom is -0.368 e. The van der Waals surface area contributed by atoms with E-state index in [2.05, 4.69) is 25.3 Å². The van der Waals surface area contributed by atoms with E-state index in [0.29, 0.717) is 43.8 Å². The molecule has 0 aliphatic carbocycles. The van der Waals surface area contributed by atoms with E-state index in [0.717, 1.165) is 5.69 Å². The fourth-order valence-corrected chi connectivity index (χ4v) is 4.65. The maximum Gasteiger partial charge on any atom is 0.267 e. The van der Waals surface area contributed by atoms with E-state index >= 15 is 0 Å². The zero-order chi connectivity index (χ0) is 21.7. The van der Waals surface area contributed by atoms with Gasteiger partial charge in [-0.2, -0.15) is 9.97 Å². The molecule has 0 bridgehead atoms. The SMILES string of the molecule is Cc1csc2nc([C@H](C)Nc3nc(N)nc4nc[nH]c34)c(-c3ccccc3Cl)c(=O)n12. The van der Waals surface area contributed by atoms with Gasteiger partial charge in [0, 0.05) is 21.7 Å². The van der Waals surface area contributed by atoms with Gasteiger partial charge >= 0.3 is 0 Å². The van der Waals surface area contributed by atoms with Gasteiger partial charge < -0.3 is 16.0 Å². The Morgan fingerprint density at radius 3 is 2.87 bits per heavy atom. The zero-order valence-corrected chi connectivity index (χ0v) is 18.1. The molecule has 0 aliphatic rings. The van der Waals surface area contributed by atoms with E-state index in [9.17, 15) is 4.79 Å². The fraction of sp³-hybridized carbons (Fsp3) is 0.150. The monoisotopic (exact) mass is 452 g/mol. The van der Waals surface area contributed by atoms with Crippen LogP contribution in [0, 0.1) is 6.92 Å². The molecule has 9 nitrogen and oxygen atoms in total. The number of rotatable bonds is 4. The molecule has 0 amide bonds. The van der Waals surface area contributed by atoms with Crippen molar-refractivity contribution >= 4 is 50.8 Å². The van der Waals surface area contributed by atoms with Crippen LogP contribution >= 0.6 is 22.9 Å². The lowest BCUT2D eigenvalue weighted by Gasteiger charge is -2.18. The summed E-state index contributed by atoms with van der Waals surface area (Å²) >= 11 is 7.88. The first-order valence-electron chi connectivity index (χ1n) is 9.43. The summed E-state index contributed by atoms with van der Waals surface area (Å²) in [6.07, 6.45) is 1.52. The van der Waals surface area contributed by atoms with E-state index in [1.54, 1.807) is 10.5 Å². The summed E-state index contributed by atoms with van der Waals surface area (Å²) < 4.78 is 1.61. The van der Waals surface area contributed by atoms with Crippen LogP contribution in [0.4, 0.5) is 11.8 Å². The highest BCUT2D eigenvalue weighted by molar-refractivity contribution is 7.15. The predicted molar refractivity (Wildman–Crippen MR) is 123 cm³/mol. The Labute approximate surface area is 185 Å². The smallest absolute Gasteiger partial charge is 0.267 e. The quantitative estimate of drug-likeness (QED) is 0.378. The number of halogens is 1. The molecule has 0 saturated heterocycles. The Morgan fingerprint density at radius 2 is 2.06 bits per heavy atom. The van der Waals surface area contributed by atoms with Gasteiger partial charge in [0.2, 0.25) is 5.95 Å². The van der Waals surface area contributed by atoms with E-state index in [4.69, 9.17) is 22.3 Å². The number of aromatic nitrogens is 6. The minimum absolute atomic E-state index is 0.0954. The van der Waals surface area contributed by atoms with Crippen molar-refractivity contribution in [1.29, 1.82) is 0 Å². The van der Waals surface area contributed by atoms with Crippen molar-refractivity contribution in [3.05, 3.63) is 62.7 Å². The highest BCUT2D eigenvalue weighted by Gasteiger charge is 2.23. The molecule has 0 fully saturated rings. The largest absolute Gasteiger partial charge is 0.368 e. The van der Waals surface area contributed by atoms with Crippen LogP contribution in [-0.4, -0.2) is 29.3 Å². The molecule has 11 heteroatoms. The molecule has 4 heterocycles. The molecule has 31 heavy (non-hydrogen) atoms. The van der Waals surface area contributed by atoms with E-state index in [1.165, 1.54) is 17.7 Å². The summed E-state index contributed by atoms with van der Waals surface area (Å²) in [6.45, 7) is 3.78. The van der Waals surface area contributed by atoms with Crippen LogP contribution in [0.5, 0.6) is 0 Å². The maximum absolute atomic E-state index is 13.5. The van der Waals surface area contributed by atoms with Crippen molar-refractivity contribution in [3.8, 4) is 11.1 Å². The molecule has 0 aliphatic heterocycles. The number of hydrogen-bond acceptors (Lipinski definition) is 8. The number of aryl methyl sites for hydroxylation is 1. The van der Waals surface area contributed by atoms with Gasteiger partial charge in [-0.1, -0.05) is 29.8 Å². The molecule has 5 aromatic rings. The lowest BCUT2D eigenvalue weighted by Crippen LogP contribution is -2.23. The summed E-state index contributed by atoms with van der Waals surface area (Å²) in [5, 5.41) is 5.69. The van der Waals surface area contributed by atoms with Crippen molar-refractivity contribution < 1.29 is 0 Å². The molecular formula is C20H17ClN8OS. The highest BCUT2D eigenvalue weighted by Crippen LogP contribution is 2.32. The van der Waals surface area contributed by atoms with Gasteiger partial charge in [-0.05, 0) is 19.9 Å². The first-order chi connectivity index (χ1) is 14.9. The van der Waals surface area contributed by atoms with Gasteiger partial charge in [-0.3, -0.25) is 9.20 Å². The number of nitrogens with zero attached hydrogens (tertiary/aromatic N) is 5. The first kappa shape index (κ1) is 19.5. The molecule has 1 aromatic carbocycles. The Morgan fingerprint density at radius 1 is 1.26 bits per heavy atom. The van der Waals surface area contributed by atoms with Crippen molar-refractivity contribution in [3.63, 3.8) is 0 Å². The number of imidazole rings is 1. The summed E-state index contributed by atoms with van der Waals surface area (Å²) in [6, 6.07) is 6.85. The van der Waals surface area contributed by atoms with Crippen LogP contribution in [0.2, 0.25) is 5.02 Å². The number of fused-ring (bicyclic) bond motifs is 2. The summed E-state index contributed by atoms with van der Waals surface area (Å²) in [4.78, 5) is 34.5. The van der Waals surface area contributed by atoms with Gasteiger partial charge in [0.25, 0.3) is 5.56 Å². The topological polar surface area (TPSA) is 127 Å². The predicted octanol–water partition coefficient (Wildman–Crippen LogP) is 3.81. The van der Waals surface area contributed by atoms with Crippen LogP contribution in [0.15, 0.2) is 40.8 Å². The second-order valence-electron chi connectivity index (χ2n) is 7.05. The molecule has 5 rings (SSSR count). The number of hydrogen-bond donors (Lipinski definition) is 3. The first-order valence-corrected chi connectivity index (χ1v) is 10.7. The summed E-state index contributed by atoms with van der Waals surface area (Å²) in [5.74, 6) is 0.569. The van der Waals surface area contributed by atoms with Crippen LogP contribution in [0.1, 0.15) is 24.4 Å². The third kappa shape index (κ3) is 3.20. The normalized spacial score (nSPS) is 12.5. The number of aromatic amines is 1. The van der Waals surface area contributed by atoms with Gasteiger partial charge in [0.1, 0.15) is 5.52 Å². The van der Waals surface area contributed by atoms with Gasteiger partial charge in [-0.25, -0.2) is 9.97 Å². The Bertz CT molecular complexity index is 1500. The van der Waals surface area contributed by atoms with Crippen LogP contribution in [-0.2, 0) is 0 Å². The lowest BCUT2D eigenvalue weighted by atomic mass is 10.0. The van der Waals surface area contributed by atoms with Crippen molar-refractivity contribution in [1.82, 2.24) is 29.3 Å². The van der Waals surface area contributed by atoms with Gasteiger partial charge in [-0.15, -0.1) is 11.3 Å². The zero-order valence-electron chi connectivity index (χ0n) is 16.5. The van der Waals surface area contributed by atoms with Gasteiger partial charge in [0.05, 0.1) is 23.6 Å². The average Bonchev–Trinajstić information content (AvgIpc) is 3.35. The fourth-order valence-electron chi connectivity index (χ4n) is 3.56. The molecule has 0 spiro atoms. The number of nitrogens with one attached hydrogen (secondary N) is 2. The minimum atomic E-state index is -0.396. The van der Waals surface area contributed by atoms with Crippen LogP contribution < -0.4 is 16.6 Å².